The van der Waals surface area contributed by atoms with Crippen LogP contribution in [-0.2, 0) is 63.9 Å². The fourth-order valence-electron chi connectivity index (χ4n) is 18.7. The van der Waals surface area contributed by atoms with Crippen LogP contribution < -0.4 is 83.2 Å². The molecule has 15 bridgehead atoms. The SMILES string of the molecule is CCCOCc1cc(OCCNC)ccc1NC(=O)NC(=O)C[C@@H]1NC(=O)[C@H](NC(=O)[C@@H](CC(C)C)NC)[C@H](O)c2ccc(c(Cl)c2)Oc2cc3cc(c2O[C@@H]2O[C@H](CO)[C@@H](O)[C@H](O)[C@H]2O[C@H]2C[C@](C)(N)[C@H](O)[C@H](C)O2)Oc2ccc(cc2Cl)[C@@H](O)[C@@H]2NC(=O)[C@H](NC(=O)[C@@H]3NC1=O)c1ccc(O)c(c1)-c1c(O)cc(O)cc1[C@@H](C(=O)NC1C3CC4CC(C3)CC1C4)NC2=O. The van der Waals surface area contributed by atoms with E-state index in [1.165, 1.54) is 51.2 Å². The van der Waals surface area contributed by atoms with Crippen LogP contribution in [0.1, 0.15) is 156 Å². The van der Waals surface area contributed by atoms with Crippen molar-refractivity contribution >= 4 is 82.2 Å². The van der Waals surface area contributed by atoms with Gasteiger partial charge in [-0.25, -0.2) is 4.79 Å². The van der Waals surface area contributed by atoms with Gasteiger partial charge in [-0.2, -0.15) is 0 Å². The number of urea groups is 1. The van der Waals surface area contributed by atoms with Gasteiger partial charge in [0.05, 0.1) is 47.9 Å². The number of hydrogen-bond acceptors (Lipinski definition) is 29. The van der Waals surface area contributed by atoms with Gasteiger partial charge in [0.2, 0.25) is 59.3 Å². The standard InChI is InChI=1S/C90H110Cl2N12O26/c1-8-18-123-37-48-26-50(124-19-17-94-6)12-13-55(48)97-89(122)98-65(109)34-57-82(116)100-70-47-30-62(126-60-15-10-43(28-53(60)91)74(110)72(86(120)96-57)103-81(115)56(95-7)20-38(2)3)78(130-88-79(77(113)76(112)64(36-105)128-88)129-66-35-90(5,93)80(114)39(4)125-66)63(31-47)127-61-16-11-44(29-54(61)92)75(111)73-87(121)102-71(85(119)99-68-45-22-40-21-41(24-45)25-46(68)23-40)52-32-49(106)33-59(108)67(52)51-27-42(9-14-58(51)107)69(83(117)104-73)101-84(70)118/h9-16,26-33,38-41,45-46,56-57,64,66,68-77,79-80,88,94-95,105-108,110-114H,8,17-25,34-37,93H2,1-7H3,(H,96,120)(H,99,119)(H,100,116)(H,101,118)(H,102,121)(H,103,115)(H,104,117)(H2,97,98,109,122)/t39-,40?,41?,45?,46?,56+,57-,64+,66-,68?,69+,70+,71-,72+,73-,74+,75+,76+,77-,79+,80+,88-,90-/m0/s1. The third-order valence-corrected chi connectivity index (χ3v) is 25.7. The molecular weight excluding hydrogens is 1740 g/mol. The molecule has 0 aromatic heterocycles. The maximum Gasteiger partial charge on any atom is 0.325 e. The second-order valence-electron chi connectivity index (χ2n) is 35.2. The lowest BCUT2D eigenvalue weighted by atomic mass is 9.54. The number of halogens is 2. The number of rotatable bonds is 23. The van der Waals surface area contributed by atoms with E-state index in [4.69, 9.17) is 66.8 Å². The van der Waals surface area contributed by atoms with Crippen molar-refractivity contribution in [2.45, 2.75) is 214 Å². The molecule has 6 aromatic rings. The Balaban J connectivity index is 0.955. The molecule has 40 heteroatoms. The second-order valence-corrected chi connectivity index (χ2v) is 36.0. The minimum atomic E-state index is -2.44. The summed E-state index contributed by atoms with van der Waals surface area (Å²) in [4.78, 5) is 140. The molecule has 700 valence electrons. The smallest absolute Gasteiger partial charge is 0.325 e. The molecule has 7 heterocycles. The molecule has 4 saturated carbocycles. The third-order valence-electron chi connectivity index (χ3n) is 25.1. The highest BCUT2D eigenvalue weighted by Crippen LogP contribution is 2.55. The number of fused-ring (bicyclic) bond motifs is 15. The van der Waals surface area contributed by atoms with E-state index in [0.717, 1.165) is 86.7 Å². The van der Waals surface area contributed by atoms with Crippen molar-refractivity contribution in [2.24, 2.45) is 35.3 Å². The van der Waals surface area contributed by atoms with Crippen molar-refractivity contribution in [2.75, 3.05) is 45.8 Å². The molecule has 7 aliphatic heterocycles. The summed E-state index contributed by atoms with van der Waals surface area (Å²) in [5.74, 6) is -13.5. The first-order chi connectivity index (χ1) is 62.0. The van der Waals surface area contributed by atoms with Gasteiger partial charge in [-0.05, 0) is 203 Å². The Kier molecular flexibility index (Phi) is 29.7. The summed E-state index contributed by atoms with van der Waals surface area (Å²) in [6.45, 7) is 8.55. The van der Waals surface area contributed by atoms with Crippen LogP contribution in [0, 0.1) is 29.6 Å². The number of imide groups is 1. The van der Waals surface area contributed by atoms with Crippen LogP contribution in [0.2, 0.25) is 10.0 Å². The Bertz CT molecular complexity index is 5240. The van der Waals surface area contributed by atoms with Gasteiger partial charge in [0.25, 0.3) is 0 Å². The van der Waals surface area contributed by atoms with Gasteiger partial charge in [-0.15, -0.1) is 0 Å². The van der Waals surface area contributed by atoms with Crippen LogP contribution >= 0.6 is 23.2 Å². The van der Waals surface area contributed by atoms with Gasteiger partial charge in [0.1, 0.15) is 108 Å². The van der Waals surface area contributed by atoms with Crippen molar-refractivity contribution in [1.29, 1.82) is 0 Å². The number of carbonyl (C=O) groups excluding carboxylic acids is 9. The lowest BCUT2D eigenvalue weighted by Gasteiger charge is -2.54. The highest BCUT2D eigenvalue weighted by molar-refractivity contribution is 6.32. The van der Waals surface area contributed by atoms with Crippen molar-refractivity contribution in [3.05, 3.63) is 140 Å². The minimum absolute atomic E-state index is 0.0483. The summed E-state index contributed by atoms with van der Waals surface area (Å²) < 4.78 is 50.9. The summed E-state index contributed by atoms with van der Waals surface area (Å²) in [5.41, 5.74) is 3.40. The number of likely N-dealkylation sites (N-methyl/N-ethyl adjacent to an activating group) is 2. The Morgan fingerprint density at radius 1 is 0.677 bits per heavy atom. The number of phenols is 3. The predicted octanol–water partition coefficient (Wildman–Crippen LogP) is 4.35. The number of phenolic OH excluding ortho intramolecular Hbond substituents is 3. The van der Waals surface area contributed by atoms with E-state index in [2.05, 4.69) is 58.5 Å². The van der Waals surface area contributed by atoms with Gasteiger partial charge >= 0.3 is 6.03 Å². The molecule has 2 saturated heterocycles. The summed E-state index contributed by atoms with van der Waals surface area (Å²) in [6.07, 6.45) is -14.1. The monoisotopic (exact) mass is 1840 g/mol. The van der Waals surface area contributed by atoms with Gasteiger partial charge < -0.3 is 143 Å². The predicted molar refractivity (Wildman–Crippen MR) is 464 cm³/mol. The molecule has 10 amide bonds. The molecule has 18 atom stereocenters. The lowest BCUT2D eigenvalue weighted by Crippen LogP contribution is -2.64. The number of amides is 10. The first-order valence-electron chi connectivity index (χ1n) is 43.3. The van der Waals surface area contributed by atoms with E-state index >= 15 is 28.8 Å². The van der Waals surface area contributed by atoms with Crippen LogP contribution in [0.15, 0.2) is 97.1 Å². The number of nitrogens with two attached hydrogens (primary N) is 1. The maximum absolute atomic E-state index is 16.8. The Morgan fingerprint density at radius 3 is 1.95 bits per heavy atom. The molecular formula is C90H110Cl2N12O26. The summed E-state index contributed by atoms with van der Waals surface area (Å²) >= 11 is 14.6. The molecule has 6 aromatic carbocycles. The fraction of sp³-hybridized carbons (Fsp3) is 0.500. The number of nitrogens with one attached hydrogen (secondary N) is 11. The largest absolute Gasteiger partial charge is 0.508 e. The van der Waals surface area contributed by atoms with Gasteiger partial charge in [-0.3, -0.25) is 43.7 Å². The Hall–Kier alpha value is -10.8. The van der Waals surface area contributed by atoms with Crippen LogP contribution in [0.3, 0.4) is 0 Å². The van der Waals surface area contributed by atoms with E-state index in [1.54, 1.807) is 19.2 Å². The molecule has 6 fully saturated rings. The lowest BCUT2D eigenvalue weighted by molar-refractivity contribution is -0.333. The number of carbonyl (C=O) groups is 9. The molecule has 0 spiro atoms. The van der Waals surface area contributed by atoms with Gasteiger partial charge in [0.15, 0.2) is 23.9 Å². The zero-order chi connectivity index (χ0) is 93.2. The topological polar surface area (TPSA) is 568 Å². The van der Waals surface area contributed by atoms with Crippen molar-refractivity contribution in [3.63, 3.8) is 0 Å². The van der Waals surface area contributed by atoms with Crippen molar-refractivity contribution in [3.8, 4) is 62.9 Å². The van der Waals surface area contributed by atoms with E-state index in [1.807, 2.05) is 20.8 Å². The van der Waals surface area contributed by atoms with Crippen LogP contribution in [-0.4, -0.2) is 225 Å². The first-order valence-corrected chi connectivity index (χ1v) is 44.1. The Labute approximate surface area is 757 Å². The first kappa shape index (κ1) is 95.3. The van der Waals surface area contributed by atoms with E-state index in [9.17, 15) is 60.3 Å². The normalized spacial score (nSPS) is 29.6. The summed E-state index contributed by atoms with van der Waals surface area (Å²) in [5, 5.41) is 136. The molecule has 11 aliphatic rings. The number of benzene rings is 6. The molecule has 0 unspecified atom stereocenters. The molecule has 4 aliphatic carbocycles. The quantitative estimate of drug-likeness (QED) is 0.0396. The van der Waals surface area contributed by atoms with Gasteiger partial charge in [0, 0.05) is 59.6 Å². The molecule has 38 nitrogen and oxygen atoms in total. The van der Waals surface area contributed by atoms with E-state index in [-0.39, 0.29) is 93.6 Å². The number of anilines is 1. The average Bonchev–Trinajstić information content (AvgIpc) is 0.758. The minimum Gasteiger partial charge on any atom is -0.508 e. The molecule has 130 heavy (non-hydrogen) atoms. The fourth-order valence-corrected chi connectivity index (χ4v) is 19.2. The maximum atomic E-state index is 16.8. The van der Waals surface area contributed by atoms with E-state index < -0.39 is 232 Å². The number of aromatic hydroxyl groups is 3. The summed E-state index contributed by atoms with van der Waals surface area (Å²) in [7, 11) is 3.21. The average molecular weight is 1850 g/mol. The van der Waals surface area contributed by atoms with Crippen LogP contribution in [0.4, 0.5) is 10.5 Å². The molecule has 22 N–H and O–H groups in total. The number of ether oxygens (including phenoxy) is 8. The number of aliphatic hydroxyl groups is 6. The Morgan fingerprint density at radius 2 is 1.32 bits per heavy atom. The van der Waals surface area contributed by atoms with Gasteiger partial charge in [-0.1, -0.05) is 62.2 Å². The molecule has 0 radical (unpaired) electrons. The summed E-state index contributed by atoms with van der Waals surface area (Å²) in [6, 6.07) is 3.12. The van der Waals surface area contributed by atoms with Crippen molar-refractivity contribution < 1.29 is 127 Å². The highest BCUT2D eigenvalue weighted by atomic mass is 35.5. The number of aliphatic hydroxyl groups excluding tert-OH is 6. The van der Waals surface area contributed by atoms with Crippen LogP contribution in [0.5, 0.6) is 51.7 Å². The van der Waals surface area contributed by atoms with Crippen LogP contribution in [0.25, 0.3) is 11.1 Å². The zero-order valence-corrected chi connectivity index (χ0v) is 73.7. The van der Waals surface area contributed by atoms with Crippen molar-refractivity contribution in [1.82, 2.24) is 53.2 Å². The molecule has 17 rings (SSSR count). The second kappa shape index (κ2) is 40.5. The third kappa shape index (κ3) is 21.1. The number of hydrogen-bond donors (Lipinski definition) is 21. The van der Waals surface area contributed by atoms with E-state index in [0.29, 0.717) is 42.7 Å². The highest BCUT2D eigenvalue weighted by Gasteiger charge is 2.53. The zero-order valence-electron chi connectivity index (χ0n) is 72.2.